The summed E-state index contributed by atoms with van der Waals surface area (Å²) in [7, 11) is 0. The van der Waals surface area contributed by atoms with E-state index in [0.29, 0.717) is 12.5 Å². The summed E-state index contributed by atoms with van der Waals surface area (Å²) >= 11 is 0. The van der Waals surface area contributed by atoms with Gasteiger partial charge in [-0.15, -0.1) is 0 Å². The van der Waals surface area contributed by atoms with E-state index >= 15 is 0 Å². The number of aryl methyl sites for hydroxylation is 1. The van der Waals surface area contributed by atoms with Crippen molar-refractivity contribution in [2.24, 2.45) is 5.73 Å². The molecule has 1 heterocycles. The number of rotatable bonds is 3. The minimum atomic E-state index is 0.483. The highest BCUT2D eigenvalue weighted by Gasteiger charge is 2.10. The molecule has 0 spiro atoms. The van der Waals surface area contributed by atoms with Crippen LogP contribution < -0.4 is 5.73 Å². The van der Waals surface area contributed by atoms with Gasteiger partial charge in [0.15, 0.2) is 0 Å². The monoisotopic (exact) mass is 167 g/mol. The molecule has 68 valence electrons. The van der Waals surface area contributed by atoms with Crippen LogP contribution in [0, 0.1) is 6.92 Å². The first-order chi connectivity index (χ1) is 5.65. The van der Waals surface area contributed by atoms with Crippen molar-refractivity contribution in [3.63, 3.8) is 0 Å². The van der Waals surface area contributed by atoms with Gasteiger partial charge < -0.3 is 10.7 Å². The van der Waals surface area contributed by atoms with Crippen LogP contribution in [-0.2, 0) is 6.42 Å². The van der Waals surface area contributed by atoms with Gasteiger partial charge in [-0.1, -0.05) is 13.8 Å². The third-order valence-electron chi connectivity index (χ3n) is 1.87. The molecule has 0 aliphatic carbocycles. The Morgan fingerprint density at radius 3 is 2.67 bits per heavy atom. The van der Waals surface area contributed by atoms with Crippen LogP contribution in [-0.4, -0.2) is 16.5 Å². The van der Waals surface area contributed by atoms with Gasteiger partial charge >= 0.3 is 0 Å². The minimum Gasteiger partial charge on any atom is -0.346 e. The molecule has 0 unspecified atom stereocenters. The van der Waals surface area contributed by atoms with Crippen molar-refractivity contribution in [3.05, 3.63) is 17.2 Å². The molecular weight excluding hydrogens is 150 g/mol. The zero-order valence-corrected chi connectivity index (χ0v) is 8.02. The number of imidazole rings is 1. The summed E-state index contributed by atoms with van der Waals surface area (Å²) in [5.41, 5.74) is 7.85. The second-order valence-corrected chi connectivity index (χ2v) is 3.38. The quantitative estimate of drug-likeness (QED) is 0.713. The Balaban J connectivity index is 2.92. The van der Waals surface area contributed by atoms with Gasteiger partial charge in [0.25, 0.3) is 0 Å². The summed E-state index contributed by atoms with van der Waals surface area (Å²) in [6.45, 7) is 6.96. The number of nitrogens with zero attached hydrogens (tertiary/aromatic N) is 1. The van der Waals surface area contributed by atoms with Gasteiger partial charge in [0.1, 0.15) is 5.82 Å². The van der Waals surface area contributed by atoms with Crippen LogP contribution in [0.2, 0.25) is 0 Å². The summed E-state index contributed by atoms with van der Waals surface area (Å²) in [5, 5.41) is 0. The molecule has 0 saturated heterocycles. The van der Waals surface area contributed by atoms with E-state index in [9.17, 15) is 0 Å². The third kappa shape index (κ3) is 1.85. The van der Waals surface area contributed by atoms with E-state index in [1.807, 2.05) is 6.92 Å². The molecule has 0 saturated carbocycles. The molecule has 3 heteroatoms. The highest BCUT2D eigenvalue weighted by atomic mass is 14.9. The van der Waals surface area contributed by atoms with Gasteiger partial charge in [-0.2, -0.15) is 0 Å². The lowest BCUT2D eigenvalue weighted by Crippen LogP contribution is -2.05. The van der Waals surface area contributed by atoms with E-state index in [1.165, 1.54) is 5.69 Å². The minimum absolute atomic E-state index is 0.483. The number of H-pyrrole nitrogens is 1. The van der Waals surface area contributed by atoms with Crippen molar-refractivity contribution in [3.8, 4) is 0 Å². The number of hydrogen-bond donors (Lipinski definition) is 2. The molecule has 3 nitrogen and oxygen atoms in total. The molecule has 0 aliphatic heterocycles. The Hall–Kier alpha value is -0.830. The van der Waals surface area contributed by atoms with Crippen LogP contribution in [0.5, 0.6) is 0 Å². The number of hydrogen-bond acceptors (Lipinski definition) is 2. The fourth-order valence-electron chi connectivity index (χ4n) is 1.37. The lowest BCUT2D eigenvalue weighted by Gasteiger charge is -2.03. The predicted octanol–water partition coefficient (Wildman–Crippen LogP) is 1.34. The highest BCUT2D eigenvalue weighted by molar-refractivity contribution is 5.18. The summed E-state index contributed by atoms with van der Waals surface area (Å²) in [4.78, 5) is 7.65. The van der Waals surface area contributed by atoms with Crippen LogP contribution in [0.1, 0.15) is 37.0 Å². The van der Waals surface area contributed by atoms with E-state index in [0.717, 1.165) is 17.9 Å². The molecule has 0 radical (unpaired) electrons. The van der Waals surface area contributed by atoms with Gasteiger partial charge in [-0.3, -0.25) is 0 Å². The normalized spacial score (nSPS) is 11.1. The molecule has 3 N–H and O–H groups in total. The van der Waals surface area contributed by atoms with Crippen LogP contribution in [0.15, 0.2) is 0 Å². The number of aromatic amines is 1. The average molecular weight is 167 g/mol. The summed E-state index contributed by atoms with van der Waals surface area (Å²) in [6.07, 6.45) is 0.897. The maximum absolute atomic E-state index is 5.49. The Labute approximate surface area is 73.4 Å². The van der Waals surface area contributed by atoms with Crippen LogP contribution >= 0.6 is 0 Å². The van der Waals surface area contributed by atoms with Gasteiger partial charge in [-0.25, -0.2) is 4.98 Å². The molecule has 0 fully saturated rings. The molecule has 1 aromatic rings. The fourth-order valence-corrected chi connectivity index (χ4v) is 1.37. The molecule has 0 atom stereocenters. The second kappa shape index (κ2) is 3.72. The maximum atomic E-state index is 5.49. The summed E-state index contributed by atoms with van der Waals surface area (Å²) in [5.74, 6) is 1.47. The molecule has 0 amide bonds. The van der Waals surface area contributed by atoms with Crippen molar-refractivity contribution >= 4 is 0 Å². The van der Waals surface area contributed by atoms with Crippen LogP contribution in [0.3, 0.4) is 0 Å². The Morgan fingerprint density at radius 2 is 2.17 bits per heavy atom. The van der Waals surface area contributed by atoms with E-state index < -0.39 is 0 Å². The first kappa shape index (κ1) is 9.26. The van der Waals surface area contributed by atoms with Crippen molar-refractivity contribution in [2.75, 3.05) is 6.54 Å². The standard InChI is InChI=1S/C9H17N3/c1-6(2)9-8(4-5-10)11-7(3)12-9/h6H,4-5,10H2,1-3H3,(H,11,12). The molecule has 1 rings (SSSR count). The Morgan fingerprint density at radius 1 is 1.50 bits per heavy atom. The second-order valence-electron chi connectivity index (χ2n) is 3.38. The largest absolute Gasteiger partial charge is 0.346 e. The lowest BCUT2D eigenvalue weighted by molar-refractivity contribution is 0.798. The van der Waals surface area contributed by atoms with Crippen molar-refractivity contribution in [1.29, 1.82) is 0 Å². The van der Waals surface area contributed by atoms with Crippen molar-refractivity contribution in [1.82, 2.24) is 9.97 Å². The summed E-state index contributed by atoms with van der Waals surface area (Å²) < 4.78 is 0. The highest BCUT2D eigenvalue weighted by Crippen LogP contribution is 2.16. The Kier molecular flexibility index (Phi) is 2.87. The van der Waals surface area contributed by atoms with Crippen LogP contribution in [0.4, 0.5) is 0 Å². The molecule has 0 bridgehead atoms. The van der Waals surface area contributed by atoms with E-state index in [-0.39, 0.29) is 0 Å². The first-order valence-electron chi connectivity index (χ1n) is 4.40. The van der Waals surface area contributed by atoms with E-state index in [1.54, 1.807) is 0 Å². The molecule has 1 aromatic heterocycles. The Bertz CT molecular complexity index is 250. The van der Waals surface area contributed by atoms with E-state index in [4.69, 9.17) is 5.73 Å². The van der Waals surface area contributed by atoms with Crippen LogP contribution in [0.25, 0.3) is 0 Å². The maximum Gasteiger partial charge on any atom is 0.103 e. The topological polar surface area (TPSA) is 54.7 Å². The smallest absolute Gasteiger partial charge is 0.103 e. The van der Waals surface area contributed by atoms with Gasteiger partial charge in [0, 0.05) is 12.1 Å². The predicted molar refractivity (Wildman–Crippen MR) is 50.2 cm³/mol. The lowest BCUT2D eigenvalue weighted by atomic mass is 10.1. The summed E-state index contributed by atoms with van der Waals surface area (Å²) in [6, 6.07) is 0. The van der Waals surface area contributed by atoms with Crippen molar-refractivity contribution in [2.45, 2.75) is 33.1 Å². The zero-order chi connectivity index (χ0) is 9.14. The van der Waals surface area contributed by atoms with Gasteiger partial charge in [0.2, 0.25) is 0 Å². The fraction of sp³-hybridized carbons (Fsp3) is 0.667. The third-order valence-corrected chi connectivity index (χ3v) is 1.87. The molecule has 0 aromatic carbocycles. The van der Waals surface area contributed by atoms with Gasteiger partial charge in [-0.05, 0) is 19.4 Å². The molecular formula is C9H17N3. The first-order valence-corrected chi connectivity index (χ1v) is 4.40. The number of aromatic nitrogens is 2. The molecule has 12 heavy (non-hydrogen) atoms. The number of nitrogens with one attached hydrogen (secondary N) is 1. The average Bonchev–Trinajstić information content (AvgIpc) is 2.32. The molecule has 0 aliphatic rings. The van der Waals surface area contributed by atoms with Gasteiger partial charge in [0.05, 0.1) is 5.69 Å². The van der Waals surface area contributed by atoms with Crippen molar-refractivity contribution < 1.29 is 0 Å². The zero-order valence-electron chi connectivity index (χ0n) is 8.02. The SMILES string of the molecule is Cc1nc(C(C)C)c(CCN)[nH]1. The number of nitrogens with two attached hydrogens (primary N) is 1. The van der Waals surface area contributed by atoms with E-state index in [2.05, 4.69) is 23.8 Å².